The van der Waals surface area contributed by atoms with Crippen LogP contribution in [0.3, 0.4) is 0 Å². The molecule has 102 valence electrons. The first-order valence-corrected chi connectivity index (χ1v) is 6.14. The zero-order valence-electron chi connectivity index (χ0n) is 11.0. The summed E-state index contributed by atoms with van der Waals surface area (Å²) in [4.78, 5) is 23.3. The molecule has 0 unspecified atom stereocenters. The lowest BCUT2D eigenvalue weighted by atomic mass is 10.2. The van der Waals surface area contributed by atoms with Crippen molar-refractivity contribution in [1.82, 2.24) is 10.9 Å². The molecule has 5 nitrogen and oxygen atoms in total. The highest BCUT2D eigenvalue weighted by Crippen LogP contribution is 2.08. The highest BCUT2D eigenvalue weighted by molar-refractivity contribution is 5.97. The Bertz CT molecular complexity index is 612. The second kappa shape index (κ2) is 6.38. The third-order valence-corrected chi connectivity index (χ3v) is 2.60. The number of benzene rings is 2. The van der Waals surface area contributed by atoms with Gasteiger partial charge in [-0.05, 0) is 36.8 Å². The third-order valence-electron chi connectivity index (χ3n) is 2.60. The Kier molecular flexibility index (Phi) is 4.34. The molecule has 0 aliphatic rings. The standard InChI is InChI=1S/C15H15N3O2/c1-11-6-5-9-13(10-11)16-15(20)18-17-14(19)12-7-3-2-4-8-12/h2-10H,1H3,(H,17,19)(H2,16,18,20). The second-order valence-corrected chi connectivity index (χ2v) is 4.27. The number of hydrogen-bond donors (Lipinski definition) is 3. The van der Waals surface area contributed by atoms with Crippen LogP contribution in [0.2, 0.25) is 0 Å². The Labute approximate surface area is 117 Å². The maximum absolute atomic E-state index is 11.7. The van der Waals surface area contributed by atoms with E-state index in [4.69, 9.17) is 0 Å². The molecule has 3 N–H and O–H groups in total. The van der Waals surface area contributed by atoms with E-state index in [1.54, 1.807) is 30.3 Å². The van der Waals surface area contributed by atoms with E-state index in [9.17, 15) is 9.59 Å². The monoisotopic (exact) mass is 269 g/mol. The molecule has 2 aromatic carbocycles. The van der Waals surface area contributed by atoms with E-state index in [1.165, 1.54) is 0 Å². The van der Waals surface area contributed by atoms with E-state index in [2.05, 4.69) is 16.2 Å². The van der Waals surface area contributed by atoms with Crippen LogP contribution < -0.4 is 16.2 Å². The summed E-state index contributed by atoms with van der Waals surface area (Å²) in [5.74, 6) is -0.370. The number of rotatable bonds is 2. The zero-order chi connectivity index (χ0) is 14.4. The van der Waals surface area contributed by atoms with Crippen LogP contribution in [-0.4, -0.2) is 11.9 Å². The largest absolute Gasteiger partial charge is 0.337 e. The van der Waals surface area contributed by atoms with Gasteiger partial charge < -0.3 is 5.32 Å². The highest BCUT2D eigenvalue weighted by Gasteiger charge is 2.06. The van der Waals surface area contributed by atoms with Crippen LogP contribution in [0.1, 0.15) is 15.9 Å². The number of hydrogen-bond acceptors (Lipinski definition) is 2. The van der Waals surface area contributed by atoms with Gasteiger partial charge in [0.1, 0.15) is 0 Å². The number of carbonyl (C=O) groups is 2. The molecule has 0 saturated heterocycles. The molecule has 3 amide bonds. The van der Waals surface area contributed by atoms with Gasteiger partial charge in [0.2, 0.25) is 0 Å². The molecule has 2 aromatic rings. The topological polar surface area (TPSA) is 70.2 Å². The summed E-state index contributed by atoms with van der Waals surface area (Å²) in [7, 11) is 0. The van der Waals surface area contributed by atoms with Gasteiger partial charge in [-0.25, -0.2) is 10.2 Å². The smallest absolute Gasteiger partial charge is 0.307 e. The minimum atomic E-state index is -0.500. The zero-order valence-corrected chi connectivity index (χ0v) is 11.0. The van der Waals surface area contributed by atoms with Crippen molar-refractivity contribution in [2.24, 2.45) is 0 Å². The molecule has 0 aliphatic heterocycles. The lowest BCUT2D eigenvalue weighted by molar-refractivity contribution is 0.0938. The predicted octanol–water partition coefficient (Wildman–Crippen LogP) is 2.46. The third kappa shape index (κ3) is 3.84. The quantitative estimate of drug-likeness (QED) is 0.733. The highest BCUT2D eigenvalue weighted by atomic mass is 16.2. The van der Waals surface area contributed by atoms with Gasteiger partial charge in [0.25, 0.3) is 5.91 Å². The fraction of sp³-hybridized carbons (Fsp3) is 0.0667. The molecule has 2 rings (SSSR count). The molecular formula is C15H15N3O2. The van der Waals surface area contributed by atoms with Crippen molar-refractivity contribution in [2.45, 2.75) is 6.92 Å². The Hall–Kier alpha value is -2.82. The van der Waals surface area contributed by atoms with Gasteiger partial charge in [-0.15, -0.1) is 0 Å². The number of carbonyl (C=O) groups excluding carboxylic acids is 2. The summed E-state index contributed by atoms with van der Waals surface area (Å²) in [6.45, 7) is 1.93. The van der Waals surface area contributed by atoms with Gasteiger partial charge in [-0.3, -0.25) is 10.2 Å². The number of hydrazine groups is 1. The van der Waals surface area contributed by atoms with Crippen LogP contribution in [0.25, 0.3) is 0 Å². The molecule has 0 saturated carbocycles. The van der Waals surface area contributed by atoms with Crippen LogP contribution in [0.4, 0.5) is 10.5 Å². The Balaban J connectivity index is 1.85. The average Bonchev–Trinajstić information content (AvgIpc) is 2.46. The van der Waals surface area contributed by atoms with Crippen LogP contribution in [-0.2, 0) is 0 Å². The summed E-state index contributed by atoms with van der Waals surface area (Å²) in [5.41, 5.74) is 6.81. The first-order valence-electron chi connectivity index (χ1n) is 6.14. The van der Waals surface area contributed by atoms with Crippen LogP contribution in [0, 0.1) is 6.92 Å². The fourth-order valence-corrected chi connectivity index (χ4v) is 1.66. The van der Waals surface area contributed by atoms with Crippen molar-refractivity contribution >= 4 is 17.6 Å². The minimum Gasteiger partial charge on any atom is -0.307 e. The SMILES string of the molecule is Cc1cccc(NC(=O)NNC(=O)c2ccccc2)c1. The number of nitrogens with one attached hydrogen (secondary N) is 3. The van der Waals surface area contributed by atoms with Crippen molar-refractivity contribution in [2.75, 3.05) is 5.32 Å². The maximum atomic E-state index is 11.7. The van der Waals surface area contributed by atoms with Gasteiger partial charge >= 0.3 is 6.03 Å². The molecule has 5 heteroatoms. The molecule has 0 fully saturated rings. The van der Waals surface area contributed by atoms with E-state index in [1.807, 2.05) is 31.2 Å². The Morgan fingerprint density at radius 1 is 0.900 bits per heavy atom. The molecule has 0 bridgehead atoms. The molecule has 0 radical (unpaired) electrons. The van der Waals surface area contributed by atoms with E-state index in [0.29, 0.717) is 11.3 Å². The van der Waals surface area contributed by atoms with Gasteiger partial charge in [-0.2, -0.15) is 0 Å². The van der Waals surface area contributed by atoms with Crippen LogP contribution in [0.5, 0.6) is 0 Å². The van der Waals surface area contributed by atoms with Gasteiger partial charge in [0.15, 0.2) is 0 Å². The van der Waals surface area contributed by atoms with Gasteiger partial charge in [0, 0.05) is 11.3 Å². The van der Waals surface area contributed by atoms with Crippen molar-refractivity contribution in [3.8, 4) is 0 Å². The second-order valence-electron chi connectivity index (χ2n) is 4.27. The van der Waals surface area contributed by atoms with Crippen molar-refractivity contribution in [1.29, 1.82) is 0 Å². The van der Waals surface area contributed by atoms with Crippen LogP contribution >= 0.6 is 0 Å². The van der Waals surface area contributed by atoms with Crippen molar-refractivity contribution in [3.05, 3.63) is 65.7 Å². The average molecular weight is 269 g/mol. The fourth-order valence-electron chi connectivity index (χ4n) is 1.66. The number of anilines is 1. The Morgan fingerprint density at radius 2 is 1.65 bits per heavy atom. The maximum Gasteiger partial charge on any atom is 0.337 e. The summed E-state index contributed by atoms with van der Waals surface area (Å²) < 4.78 is 0. The number of aryl methyl sites for hydroxylation is 1. The minimum absolute atomic E-state index is 0.370. The van der Waals surface area contributed by atoms with E-state index < -0.39 is 6.03 Å². The van der Waals surface area contributed by atoms with Gasteiger partial charge in [0.05, 0.1) is 0 Å². The van der Waals surface area contributed by atoms with E-state index in [0.717, 1.165) is 5.56 Å². The van der Waals surface area contributed by atoms with Crippen molar-refractivity contribution < 1.29 is 9.59 Å². The molecule has 0 aliphatic carbocycles. The lowest BCUT2D eigenvalue weighted by Gasteiger charge is -2.09. The van der Waals surface area contributed by atoms with Gasteiger partial charge in [-0.1, -0.05) is 30.3 Å². The molecule has 0 heterocycles. The summed E-state index contributed by atoms with van der Waals surface area (Å²) >= 11 is 0. The summed E-state index contributed by atoms with van der Waals surface area (Å²) in [6.07, 6.45) is 0. The number of amides is 3. The first-order chi connectivity index (χ1) is 9.65. The van der Waals surface area contributed by atoms with Crippen LogP contribution in [0.15, 0.2) is 54.6 Å². The normalized spacial score (nSPS) is 9.65. The molecule has 20 heavy (non-hydrogen) atoms. The van der Waals surface area contributed by atoms with E-state index >= 15 is 0 Å². The Morgan fingerprint density at radius 3 is 2.35 bits per heavy atom. The predicted molar refractivity (Wildman–Crippen MR) is 77.2 cm³/mol. The van der Waals surface area contributed by atoms with E-state index in [-0.39, 0.29) is 5.91 Å². The number of urea groups is 1. The lowest BCUT2D eigenvalue weighted by Crippen LogP contribution is -2.43. The van der Waals surface area contributed by atoms with Crippen molar-refractivity contribution in [3.63, 3.8) is 0 Å². The molecule has 0 spiro atoms. The first kappa shape index (κ1) is 13.6. The summed E-state index contributed by atoms with van der Waals surface area (Å²) in [5, 5.41) is 2.62. The molecule has 0 aromatic heterocycles. The molecular weight excluding hydrogens is 254 g/mol. The molecule has 0 atom stereocenters. The summed E-state index contributed by atoms with van der Waals surface area (Å²) in [6, 6.07) is 15.5.